The zero-order valence-electron chi connectivity index (χ0n) is 14.0. The molecule has 0 spiro atoms. The second kappa shape index (κ2) is 6.83. The predicted octanol–water partition coefficient (Wildman–Crippen LogP) is 3.67. The number of benzene rings is 1. The highest BCUT2D eigenvalue weighted by Crippen LogP contribution is 2.25. The molecule has 0 saturated heterocycles. The molecule has 1 aliphatic carbocycles. The molecule has 0 radical (unpaired) electrons. The Kier molecular flexibility index (Phi) is 5.24. The molecule has 0 bridgehead atoms. The van der Waals surface area contributed by atoms with E-state index in [-0.39, 0.29) is 18.1 Å². The molecule has 1 aromatic carbocycles. The number of hydrogen-bond donors (Lipinski definition) is 2. The largest absolute Gasteiger partial charge is 0.444 e. The fourth-order valence-electron chi connectivity index (χ4n) is 2.64. The van der Waals surface area contributed by atoms with Gasteiger partial charge in [-0.05, 0) is 58.7 Å². The van der Waals surface area contributed by atoms with E-state index in [2.05, 4.69) is 10.6 Å². The summed E-state index contributed by atoms with van der Waals surface area (Å²) >= 11 is 0. The zero-order valence-corrected chi connectivity index (χ0v) is 14.0. The molecule has 1 aromatic rings. The molecule has 0 heterocycles. The fraction of sp³-hybridized carbons (Fsp3) is 0.588. The van der Waals surface area contributed by atoms with Crippen LogP contribution in [0.3, 0.4) is 0 Å². The third kappa shape index (κ3) is 5.16. The lowest BCUT2D eigenvalue weighted by atomic mass is 9.86. The summed E-state index contributed by atoms with van der Waals surface area (Å²) in [7, 11) is 0. The molecule has 1 aliphatic rings. The maximum absolute atomic E-state index is 13.7. The van der Waals surface area contributed by atoms with Crippen molar-refractivity contribution in [2.45, 2.75) is 64.3 Å². The number of nitrogens with one attached hydrogen (secondary N) is 2. The number of carbonyl (C=O) groups excluding carboxylic acids is 1. The SMILES string of the molecule is CC(NC1CC(NC(=O)OC(C)(C)C)C1)c1cc(F)ccc1F. The molecule has 4 nitrogen and oxygen atoms in total. The van der Waals surface area contributed by atoms with Crippen molar-refractivity contribution < 1.29 is 18.3 Å². The molecule has 2 rings (SSSR count). The van der Waals surface area contributed by atoms with Crippen LogP contribution in [0.5, 0.6) is 0 Å². The van der Waals surface area contributed by atoms with Gasteiger partial charge in [0, 0.05) is 23.7 Å². The van der Waals surface area contributed by atoms with E-state index in [4.69, 9.17) is 4.74 Å². The van der Waals surface area contributed by atoms with Crippen molar-refractivity contribution in [3.8, 4) is 0 Å². The molecule has 0 aromatic heterocycles. The van der Waals surface area contributed by atoms with Gasteiger partial charge in [0.25, 0.3) is 0 Å². The number of ether oxygens (including phenoxy) is 1. The average Bonchev–Trinajstić information content (AvgIpc) is 2.36. The van der Waals surface area contributed by atoms with E-state index in [0.29, 0.717) is 5.56 Å². The van der Waals surface area contributed by atoms with E-state index in [9.17, 15) is 13.6 Å². The molecule has 23 heavy (non-hydrogen) atoms. The predicted molar refractivity (Wildman–Crippen MR) is 84.1 cm³/mol. The molecule has 1 unspecified atom stereocenters. The molecule has 1 saturated carbocycles. The van der Waals surface area contributed by atoms with Gasteiger partial charge < -0.3 is 15.4 Å². The highest BCUT2D eigenvalue weighted by molar-refractivity contribution is 5.68. The summed E-state index contributed by atoms with van der Waals surface area (Å²) in [6, 6.07) is 3.37. The highest BCUT2D eigenvalue weighted by atomic mass is 19.1. The lowest BCUT2D eigenvalue weighted by Gasteiger charge is -2.38. The molecule has 6 heteroatoms. The van der Waals surface area contributed by atoms with Crippen LogP contribution in [0.2, 0.25) is 0 Å². The molecule has 1 atom stereocenters. The summed E-state index contributed by atoms with van der Waals surface area (Å²) in [5, 5.41) is 6.05. The van der Waals surface area contributed by atoms with Crippen LogP contribution in [0.4, 0.5) is 13.6 Å². The second-order valence-corrected chi connectivity index (χ2v) is 7.07. The Morgan fingerprint density at radius 2 is 1.91 bits per heavy atom. The molecule has 2 N–H and O–H groups in total. The van der Waals surface area contributed by atoms with Crippen LogP contribution < -0.4 is 10.6 Å². The summed E-state index contributed by atoms with van der Waals surface area (Å²) in [5.74, 6) is -0.873. The third-order valence-electron chi connectivity index (χ3n) is 3.77. The van der Waals surface area contributed by atoms with Crippen LogP contribution in [0.25, 0.3) is 0 Å². The Hall–Kier alpha value is -1.69. The Morgan fingerprint density at radius 1 is 1.26 bits per heavy atom. The minimum Gasteiger partial charge on any atom is -0.444 e. The number of hydrogen-bond acceptors (Lipinski definition) is 3. The average molecular weight is 326 g/mol. The van der Waals surface area contributed by atoms with Crippen LogP contribution in [-0.2, 0) is 4.74 Å². The van der Waals surface area contributed by atoms with Gasteiger partial charge in [0.2, 0.25) is 0 Å². The van der Waals surface area contributed by atoms with Crippen LogP contribution in [-0.4, -0.2) is 23.8 Å². The normalized spacial score (nSPS) is 22.2. The van der Waals surface area contributed by atoms with Gasteiger partial charge in [-0.1, -0.05) is 0 Å². The summed E-state index contributed by atoms with van der Waals surface area (Å²) in [4.78, 5) is 11.6. The third-order valence-corrected chi connectivity index (χ3v) is 3.77. The molecular weight excluding hydrogens is 302 g/mol. The highest BCUT2D eigenvalue weighted by Gasteiger charge is 2.32. The van der Waals surface area contributed by atoms with Crippen molar-refractivity contribution in [1.82, 2.24) is 10.6 Å². The first-order valence-corrected chi connectivity index (χ1v) is 7.84. The van der Waals surface area contributed by atoms with Crippen LogP contribution in [0.15, 0.2) is 18.2 Å². The van der Waals surface area contributed by atoms with E-state index < -0.39 is 23.3 Å². The van der Waals surface area contributed by atoms with Crippen LogP contribution in [0.1, 0.15) is 52.1 Å². The van der Waals surface area contributed by atoms with Gasteiger partial charge in [0.15, 0.2) is 0 Å². The Labute approximate surface area is 135 Å². The maximum atomic E-state index is 13.7. The van der Waals surface area contributed by atoms with Gasteiger partial charge >= 0.3 is 6.09 Å². The molecular formula is C17H24F2N2O2. The van der Waals surface area contributed by atoms with Crippen molar-refractivity contribution in [2.75, 3.05) is 0 Å². The van der Waals surface area contributed by atoms with Gasteiger partial charge in [-0.15, -0.1) is 0 Å². The quantitative estimate of drug-likeness (QED) is 0.887. The van der Waals surface area contributed by atoms with Gasteiger partial charge in [0.05, 0.1) is 0 Å². The Balaban J connectivity index is 1.77. The monoisotopic (exact) mass is 326 g/mol. The van der Waals surface area contributed by atoms with Gasteiger partial charge in [-0.3, -0.25) is 0 Å². The molecule has 1 amide bonds. The van der Waals surface area contributed by atoms with E-state index in [1.807, 2.05) is 20.8 Å². The van der Waals surface area contributed by atoms with Crippen molar-refractivity contribution in [1.29, 1.82) is 0 Å². The smallest absolute Gasteiger partial charge is 0.407 e. The maximum Gasteiger partial charge on any atom is 0.407 e. The van der Waals surface area contributed by atoms with E-state index in [0.717, 1.165) is 25.0 Å². The number of carbonyl (C=O) groups is 1. The number of amides is 1. The summed E-state index contributed by atoms with van der Waals surface area (Å²) in [5.41, 5.74) is -0.205. The van der Waals surface area contributed by atoms with Crippen molar-refractivity contribution >= 4 is 6.09 Å². The van der Waals surface area contributed by atoms with Crippen molar-refractivity contribution in [3.63, 3.8) is 0 Å². The molecule has 0 aliphatic heterocycles. The summed E-state index contributed by atoms with van der Waals surface area (Å²) in [6.07, 6.45) is 1.05. The van der Waals surface area contributed by atoms with Gasteiger partial charge in [0.1, 0.15) is 17.2 Å². The Morgan fingerprint density at radius 3 is 2.52 bits per heavy atom. The first-order valence-electron chi connectivity index (χ1n) is 7.84. The molecule has 128 valence electrons. The van der Waals surface area contributed by atoms with Crippen LogP contribution >= 0.6 is 0 Å². The van der Waals surface area contributed by atoms with Gasteiger partial charge in [-0.2, -0.15) is 0 Å². The summed E-state index contributed by atoms with van der Waals surface area (Å²) in [6.45, 7) is 7.24. The minimum atomic E-state index is -0.519. The first-order chi connectivity index (χ1) is 10.6. The van der Waals surface area contributed by atoms with E-state index >= 15 is 0 Å². The lowest BCUT2D eigenvalue weighted by Crippen LogP contribution is -2.53. The van der Waals surface area contributed by atoms with E-state index in [1.54, 1.807) is 6.92 Å². The van der Waals surface area contributed by atoms with Crippen molar-refractivity contribution in [2.24, 2.45) is 0 Å². The lowest BCUT2D eigenvalue weighted by molar-refractivity contribution is 0.0463. The number of halogens is 2. The standard InChI is InChI=1S/C17H24F2N2O2/c1-10(14-7-11(18)5-6-15(14)19)20-12-8-13(9-12)21-16(22)23-17(2,3)4/h5-7,10,12-13,20H,8-9H2,1-4H3,(H,21,22). The summed E-state index contributed by atoms with van der Waals surface area (Å²) < 4.78 is 32.1. The van der Waals surface area contributed by atoms with Crippen molar-refractivity contribution in [3.05, 3.63) is 35.4 Å². The number of alkyl carbamates (subject to hydrolysis) is 1. The zero-order chi connectivity index (χ0) is 17.2. The Bertz CT molecular complexity index is 566. The topological polar surface area (TPSA) is 50.4 Å². The number of rotatable bonds is 4. The van der Waals surface area contributed by atoms with Crippen LogP contribution in [0, 0.1) is 11.6 Å². The molecule has 1 fully saturated rings. The minimum absolute atomic E-state index is 0.0481. The van der Waals surface area contributed by atoms with Gasteiger partial charge in [-0.25, -0.2) is 13.6 Å². The fourth-order valence-corrected chi connectivity index (χ4v) is 2.64. The second-order valence-electron chi connectivity index (χ2n) is 7.07. The first kappa shape index (κ1) is 17.7. The van der Waals surface area contributed by atoms with E-state index in [1.165, 1.54) is 6.07 Å².